The Morgan fingerprint density at radius 2 is 1.89 bits per heavy atom. The van der Waals surface area contributed by atoms with Crippen molar-refractivity contribution in [2.24, 2.45) is 0 Å². The number of ether oxygens (including phenoxy) is 2. The first kappa shape index (κ1) is 17.6. The molecule has 1 saturated heterocycles. The molecule has 0 radical (unpaired) electrons. The molecule has 7 nitrogen and oxygen atoms in total. The molecular formula is C20H24N4O3. The SMILES string of the molecule is COc1cccc(-c2nc(-c3ccco3)nn2C2CCN(C)CC2)c1OC. The Bertz CT molecular complexity index is 896. The van der Waals surface area contributed by atoms with Crippen LogP contribution in [0.2, 0.25) is 0 Å². The van der Waals surface area contributed by atoms with Crippen LogP contribution in [0.15, 0.2) is 41.0 Å². The first-order chi connectivity index (χ1) is 13.2. The molecule has 1 aliphatic rings. The lowest BCUT2D eigenvalue weighted by Crippen LogP contribution is -2.32. The molecule has 142 valence electrons. The topological polar surface area (TPSA) is 65.6 Å². The minimum absolute atomic E-state index is 0.281. The number of nitrogens with zero attached hydrogens (tertiary/aromatic N) is 4. The van der Waals surface area contributed by atoms with E-state index in [4.69, 9.17) is 24.0 Å². The molecule has 1 fully saturated rings. The summed E-state index contributed by atoms with van der Waals surface area (Å²) in [4.78, 5) is 7.15. The van der Waals surface area contributed by atoms with Crippen molar-refractivity contribution >= 4 is 0 Å². The predicted octanol–water partition coefficient (Wildman–Crippen LogP) is 3.49. The second-order valence-electron chi connectivity index (χ2n) is 6.76. The van der Waals surface area contributed by atoms with E-state index in [0.717, 1.165) is 37.3 Å². The molecule has 2 aromatic heterocycles. The Hall–Kier alpha value is -2.80. The van der Waals surface area contributed by atoms with Crippen molar-refractivity contribution in [1.82, 2.24) is 19.7 Å². The highest BCUT2D eigenvalue weighted by atomic mass is 16.5. The predicted molar refractivity (Wildman–Crippen MR) is 102 cm³/mol. The van der Waals surface area contributed by atoms with Gasteiger partial charge in [0.1, 0.15) is 0 Å². The number of piperidine rings is 1. The van der Waals surface area contributed by atoms with Crippen molar-refractivity contribution in [3.8, 4) is 34.5 Å². The van der Waals surface area contributed by atoms with Crippen LogP contribution in [0.5, 0.6) is 11.5 Å². The molecular weight excluding hydrogens is 344 g/mol. The molecule has 27 heavy (non-hydrogen) atoms. The van der Waals surface area contributed by atoms with Crippen LogP contribution in [-0.4, -0.2) is 54.0 Å². The molecule has 0 bridgehead atoms. The number of hydrogen-bond donors (Lipinski definition) is 0. The molecule has 0 aliphatic carbocycles. The Morgan fingerprint density at radius 3 is 2.56 bits per heavy atom. The smallest absolute Gasteiger partial charge is 0.217 e. The van der Waals surface area contributed by atoms with Crippen molar-refractivity contribution in [3.05, 3.63) is 36.6 Å². The van der Waals surface area contributed by atoms with Gasteiger partial charge in [0.25, 0.3) is 0 Å². The van der Waals surface area contributed by atoms with Gasteiger partial charge in [-0.05, 0) is 57.2 Å². The average Bonchev–Trinajstić information content (AvgIpc) is 3.37. The molecule has 0 atom stereocenters. The van der Waals surface area contributed by atoms with Crippen LogP contribution in [0, 0.1) is 0 Å². The second kappa shape index (κ2) is 7.44. The summed E-state index contributed by atoms with van der Waals surface area (Å²) in [6, 6.07) is 9.81. The van der Waals surface area contributed by atoms with Crippen LogP contribution in [0.3, 0.4) is 0 Å². The van der Waals surface area contributed by atoms with Gasteiger partial charge in [-0.3, -0.25) is 0 Å². The van der Waals surface area contributed by atoms with Crippen LogP contribution in [0.1, 0.15) is 18.9 Å². The van der Waals surface area contributed by atoms with E-state index in [-0.39, 0.29) is 6.04 Å². The summed E-state index contributed by atoms with van der Waals surface area (Å²) in [7, 11) is 5.43. The zero-order valence-electron chi connectivity index (χ0n) is 15.9. The van der Waals surface area contributed by atoms with Crippen LogP contribution in [0.4, 0.5) is 0 Å². The first-order valence-electron chi connectivity index (χ1n) is 9.11. The number of likely N-dealkylation sites (tertiary alicyclic amines) is 1. The van der Waals surface area contributed by atoms with E-state index < -0.39 is 0 Å². The summed E-state index contributed by atoms with van der Waals surface area (Å²) < 4.78 is 18.7. The minimum atomic E-state index is 0.281. The van der Waals surface area contributed by atoms with Gasteiger partial charge in [0.05, 0.1) is 32.1 Å². The van der Waals surface area contributed by atoms with E-state index in [1.807, 2.05) is 35.0 Å². The maximum absolute atomic E-state index is 5.64. The van der Waals surface area contributed by atoms with E-state index in [0.29, 0.717) is 23.1 Å². The molecule has 1 aromatic carbocycles. The summed E-state index contributed by atoms with van der Waals surface area (Å²) in [5.41, 5.74) is 0.862. The molecule has 3 heterocycles. The van der Waals surface area contributed by atoms with E-state index in [1.165, 1.54) is 0 Å². The van der Waals surface area contributed by atoms with Gasteiger partial charge in [0.2, 0.25) is 5.82 Å². The zero-order valence-corrected chi connectivity index (χ0v) is 15.9. The number of para-hydroxylation sites is 1. The van der Waals surface area contributed by atoms with Crippen LogP contribution in [-0.2, 0) is 0 Å². The van der Waals surface area contributed by atoms with Crippen molar-refractivity contribution in [3.63, 3.8) is 0 Å². The van der Waals surface area contributed by atoms with Crippen molar-refractivity contribution in [1.29, 1.82) is 0 Å². The van der Waals surface area contributed by atoms with Crippen LogP contribution >= 0.6 is 0 Å². The molecule has 4 rings (SSSR count). The Morgan fingerprint density at radius 1 is 1.07 bits per heavy atom. The summed E-state index contributed by atoms with van der Waals surface area (Å²) in [6.07, 6.45) is 3.69. The van der Waals surface area contributed by atoms with E-state index in [1.54, 1.807) is 20.5 Å². The highest BCUT2D eigenvalue weighted by Crippen LogP contribution is 2.39. The number of rotatable bonds is 5. The number of methoxy groups -OCH3 is 2. The molecule has 0 spiro atoms. The van der Waals surface area contributed by atoms with Gasteiger partial charge in [-0.25, -0.2) is 9.67 Å². The minimum Gasteiger partial charge on any atom is -0.493 e. The Balaban J connectivity index is 1.84. The summed E-state index contributed by atoms with van der Waals surface area (Å²) >= 11 is 0. The summed E-state index contributed by atoms with van der Waals surface area (Å²) in [6.45, 7) is 2.07. The second-order valence-corrected chi connectivity index (χ2v) is 6.76. The standard InChI is InChI=1S/C20H24N4O3/c1-23-11-9-14(10-12-23)24-20(21-19(22-24)17-8-5-13-27-17)15-6-4-7-16(25-2)18(15)26-3/h4-8,13-14H,9-12H2,1-3H3. The molecule has 0 saturated carbocycles. The highest BCUT2D eigenvalue weighted by molar-refractivity contribution is 5.70. The molecule has 0 N–H and O–H groups in total. The lowest BCUT2D eigenvalue weighted by Gasteiger charge is -2.29. The fraction of sp³-hybridized carbons (Fsp3) is 0.400. The number of hydrogen-bond acceptors (Lipinski definition) is 6. The van der Waals surface area contributed by atoms with Gasteiger partial charge in [0.15, 0.2) is 23.1 Å². The van der Waals surface area contributed by atoms with E-state index in [9.17, 15) is 0 Å². The number of furan rings is 1. The third-order valence-corrected chi connectivity index (χ3v) is 5.05. The number of benzene rings is 1. The van der Waals surface area contributed by atoms with Gasteiger partial charge in [-0.1, -0.05) is 6.07 Å². The normalized spacial score (nSPS) is 15.8. The fourth-order valence-electron chi connectivity index (χ4n) is 3.57. The van der Waals surface area contributed by atoms with Gasteiger partial charge in [-0.2, -0.15) is 0 Å². The molecule has 7 heteroatoms. The van der Waals surface area contributed by atoms with Crippen molar-refractivity contribution < 1.29 is 13.9 Å². The third kappa shape index (κ3) is 3.30. The van der Waals surface area contributed by atoms with Crippen LogP contribution in [0.25, 0.3) is 23.0 Å². The average molecular weight is 368 g/mol. The monoisotopic (exact) mass is 368 g/mol. The highest BCUT2D eigenvalue weighted by Gasteiger charge is 2.26. The fourth-order valence-corrected chi connectivity index (χ4v) is 3.57. The maximum atomic E-state index is 5.64. The van der Waals surface area contributed by atoms with Crippen LogP contribution < -0.4 is 9.47 Å². The molecule has 1 aliphatic heterocycles. The Labute approximate surface area is 158 Å². The maximum Gasteiger partial charge on any atom is 0.217 e. The lowest BCUT2D eigenvalue weighted by molar-refractivity contribution is 0.213. The first-order valence-corrected chi connectivity index (χ1v) is 9.11. The molecule has 3 aromatic rings. The van der Waals surface area contributed by atoms with Gasteiger partial charge in [0, 0.05) is 0 Å². The summed E-state index contributed by atoms with van der Waals surface area (Å²) in [5, 5.41) is 4.81. The Kier molecular flexibility index (Phi) is 4.85. The zero-order chi connectivity index (χ0) is 18.8. The number of aromatic nitrogens is 3. The van der Waals surface area contributed by atoms with Crippen molar-refractivity contribution in [2.45, 2.75) is 18.9 Å². The van der Waals surface area contributed by atoms with Crippen molar-refractivity contribution in [2.75, 3.05) is 34.4 Å². The van der Waals surface area contributed by atoms with Gasteiger partial charge >= 0.3 is 0 Å². The van der Waals surface area contributed by atoms with E-state index >= 15 is 0 Å². The van der Waals surface area contributed by atoms with Gasteiger partial charge < -0.3 is 18.8 Å². The molecule has 0 unspecified atom stereocenters. The summed E-state index contributed by atoms with van der Waals surface area (Å²) in [5.74, 6) is 3.34. The largest absolute Gasteiger partial charge is 0.493 e. The van der Waals surface area contributed by atoms with E-state index in [2.05, 4.69) is 11.9 Å². The third-order valence-electron chi connectivity index (χ3n) is 5.05. The molecule has 0 amide bonds. The van der Waals surface area contributed by atoms with Gasteiger partial charge in [-0.15, -0.1) is 5.10 Å². The quantitative estimate of drug-likeness (QED) is 0.687. The lowest BCUT2D eigenvalue weighted by atomic mass is 10.0.